The van der Waals surface area contributed by atoms with Crippen LogP contribution in [0.15, 0.2) is 48.5 Å². The Morgan fingerprint density at radius 3 is 2.62 bits per heavy atom. The fraction of sp³-hybridized carbons (Fsp3) is 0.211. The van der Waals surface area contributed by atoms with Gasteiger partial charge in [0.25, 0.3) is 0 Å². The van der Waals surface area contributed by atoms with Crippen LogP contribution < -0.4 is 0 Å². The molecule has 1 aromatic heterocycles. The molecule has 0 N–H and O–H groups in total. The van der Waals surface area contributed by atoms with E-state index in [1.54, 1.807) is 16.4 Å². The van der Waals surface area contributed by atoms with Crippen molar-refractivity contribution in [1.29, 1.82) is 0 Å². The molecule has 132 valence electrons. The highest BCUT2D eigenvalue weighted by molar-refractivity contribution is 5.82. The lowest BCUT2D eigenvalue weighted by atomic mass is 10.1. The quantitative estimate of drug-likeness (QED) is 0.725. The van der Waals surface area contributed by atoms with E-state index in [0.717, 1.165) is 17.7 Å². The van der Waals surface area contributed by atoms with Crippen LogP contribution >= 0.6 is 0 Å². The maximum atomic E-state index is 14.2. The SMILES string of the molecule is C[C@@H]1C(=O)N(Cc2ccccc2)Cc2nnc(-c3ccc(F)cc3F)n21. The van der Waals surface area contributed by atoms with Gasteiger partial charge >= 0.3 is 0 Å². The van der Waals surface area contributed by atoms with E-state index >= 15 is 0 Å². The van der Waals surface area contributed by atoms with Crippen LogP contribution in [0.4, 0.5) is 8.78 Å². The highest BCUT2D eigenvalue weighted by Gasteiger charge is 2.34. The topological polar surface area (TPSA) is 51.0 Å². The standard InChI is InChI=1S/C19H16F2N4O/c1-12-19(26)24(10-13-5-3-2-4-6-13)11-17-22-23-18(25(12)17)15-8-7-14(20)9-16(15)21/h2-9,12H,10-11H2,1H3/t12-/m1/s1. The second kappa shape index (κ2) is 6.33. The minimum atomic E-state index is -0.730. The summed E-state index contributed by atoms with van der Waals surface area (Å²) >= 11 is 0. The van der Waals surface area contributed by atoms with Crippen molar-refractivity contribution < 1.29 is 13.6 Å². The van der Waals surface area contributed by atoms with Gasteiger partial charge in [0, 0.05) is 12.6 Å². The fourth-order valence-corrected chi connectivity index (χ4v) is 3.25. The number of carbonyl (C=O) groups is 1. The number of hydrogen-bond donors (Lipinski definition) is 0. The molecule has 0 radical (unpaired) electrons. The Kier molecular flexibility index (Phi) is 3.99. The van der Waals surface area contributed by atoms with Crippen molar-refractivity contribution in [3.63, 3.8) is 0 Å². The minimum Gasteiger partial charge on any atom is -0.329 e. The number of fused-ring (bicyclic) bond motifs is 1. The number of hydrogen-bond acceptors (Lipinski definition) is 3. The van der Waals surface area contributed by atoms with Gasteiger partial charge < -0.3 is 4.90 Å². The summed E-state index contributed by atoms with van der Waals surface area (Å²) in [6.07, 6.45) is 0. The lowest BCUT2D eigenvalue weighted by Gasteiger charge is -2.32. The molecule has 1 atom stereocenters. The number of benzene rings is 2. The molecule has 5 nitrogen and oxygen atoms in total. The Morgan fingerprint density at radius 1 is 1.12 bits per heavy atom. The van der Waals surface area contributed by atoms with Gasteiger partial charge in [-0.1, -0.05) is 30.3 Å². The Balaban J connectivity index is 1.69. The summed E-state index contributed by atoms with van der Waals surface area (Å²) in [6.45, 7) is 2.49. The first kappa shape index (κ1) is 16.4. The predicted octanol–water partition coefficient (Wildman–Crippen LogP) is 3.33. The van der Waals surface area contributed by atoms with E-state index in [1.807, 2.05) is 30.3 Å². The number of aromatic nitrogens is 3. The second-order valence-corrected chi connectivity index (χ2v) is 6.29. The van der Waals surface area contributed by atoms with Gasteiger partial charge in [0.05, 0.1) is 12.1 Å². The van der Waals surface area contributed by atoms with E-state index in [9.17, 15) is 13.6 Å². The molecule has 7 heteroatoms. The average Bonchev–Trinajstić information content (AvgIpc) is 3.04. The Morgan fingerprint density at radius 2 is 1.88 bits per heavy atom. The molecule has 0 spiro atoms. The first-order chi connectivity index (χ1) is 12.5. The molecular formula is C19H16F2N4O. The van der Waals surface area contributed by atoms with Crippen LogP contribution in [0.2, 0.25) is 0 Å². The third-order valence-electron chi connectivity index (χ3n) is 4.54. The van der Waals surface area contributed by atoms with Crippen LogP contribution in [0.5, 0.6) is 0 Å². The van der Waals surface area contributed by atoms with Crippen molar-refractivity contribution in [2.45, 2.75) is 26.1 Å². The van der Waals surface area contributed by atoms with Crippen molar-refractivity contribution in [2.75, 3.05) is 0 Å². The molecule has 0 saturated heterocycles. The molecular weight excluding hydrogens is 338 g/mol. The lowest BCUT2D eigenvalue weighted by molar-refractivity contribution is -0.137. The molecule has 26 heavy (non-hydrogen) atoms. The smallest absolute Gasteiger partial charge is 0.246 e. The molecule has 0 bridgehead atoms. The summed E-state index contributed by atoms with van der Waals surface area (Å²) in [5.41, 5.74) is 1.15. The first-order valence-electron chi connectivity index (χ1n) is 8.26. The summed E-state index contributed by atoms with van der Waals surface area (Å²) in [4.78, 5) is 14.5. The maximum absolute atomic E-state index is 14.2. The van der Waals surface area contributed by atoms with Crippen LogP contribution in [-0.2, 0) is 17.9 Å². The molecule has 1 amide bonds. The highest BCUT2D eigenvalue weighted by atomic mass is 19.1. The Labute approximate surface area is 148 Å². The highest BCUT2D eigenvalue weighted by Crippen LogP contribution is 2.30. The maximum Gasteiger partial charge on any atom is 0.246 e. The molecule has 2 aromatic carbocycles. The monoisotopic (exact) mass is 354 g/mol. The molecule has 3 aromatic rings. The third kappa shape index (κ3) is 2.75. The number of carbonyl (C=O) groups excluding carboxylic acids is 1. The summed E-state index contributed by atoms with van der Waals surface area (Å²) in [7, 11) is 0. The number of rotatable bonds is 3. The number of nitrogens with zero attached hydrogens (tertiary/aromatic N) is 4. The molecule has 4 rings (SSSR count). The van der Waals surface area contributed by atoms with E-state index in [2.05, 4.69) is 10.2 Å². The summed E-state index contributed by atoms with van der Waals surface area (Å²) in [5, 5.41) is 8.19. The van der Waals surface area contributed by atoms with Crippen molar-refractivity contribution in [3.8, 4) is 11.4 Å². The Hall–Kier alpha value is -3.09. The zero-order chi connectivity index (χ0) is 18.3. The van der Waals surface area contributed by atoms with Crippen molar-refractivity contribution in [2.24, 2.45) is 0 Å². The molecule has 0 fully saturated rings. The van der Waals surface area contributed by atoms with E-state index in [1.165, 1.54) is 6.07 Å². The van der Waals surface area contributed by atoms with Crippen molar-refractivity contribution in [1.82, 2.24) is 19.7 Å². The van der Waals surface area contributed by atoms with Gasteiger partial charge in [-0.25, -0.2) is 8.78 Å². The minimum absolute atomic E-state index is 0.0927. The van der Waals surface area contributed by atoms with Gasteiger partial charge in [0.15, 0.2) is 11.6 Å². The van der Waals surface area contributed by atoms with Gasteiger partial charge in [0.1, 0.15) is 17.7 Å². The van der Waals surface area contributed by atoms with Gasteiger partial charge in [0.2, 0.25) is 5.91 Å². The summed E-state index contributed by atoms with van der Waals surface area (Å²) in [5.74, 6) is -0.677. The molecule has 1 aliphatic heterocycles. The summed E-state index contributed by atoms with van der Waals surface area (Å²) in [6, 6.07) is 12.4. The van der Waals surface area contributed by atoms with Gasteiger partial charge in [-0.3, -0.25) is 9.36 Å². The van der Waals surface area contributed by atoms with Crippen LogP contribution in [0.3, 0.4) is 0 Å². The molecule has 1 aliphatic rings. The van der Waals surface area contributed by atoms with Gasteiger partial charge in [-0.05, 0) is 24.6 Å². The van der Waals surface area contributed by atoms with E-state index < -0.39 is 17.7 Å². The second-order valence-electron chi connectivity index (χ2n) is 6.29. The molecule has 0 saturated carbocycles. The first-order valence-corrected chi connectivity index (χ1v) is 8.26. The van der Waals surface area contributed by atoms with Crippen molar-refractivity contribution in [3.05, 3.63) is 71.6 Å². The van der Waals surface area contributed by atoms with E-state index in [0.29, 0.717) is 12.4 Å². The van der Waals surface area contributed by atoms with Gasteiger partial charge in [-0.2, -0.15) is 0 Å². The molecule has 2 heterocycles. The van der Waals surface area contributed by atoms with Crippen LogP contribution in [0.25, 0.3) is 11.4 Å². The molecule has 0 aliphatic carbocycles. The average molecular weight is 354 g/mol. The van der Waals surface area contributed by atoms with Gasteiger partial charge in [-0.15, -0.1) is 10.2 Å². The van der Waals surface area contributed by atoms with Crippen LogP contribution in [0, 0.1) is 11.6 Å². The zero-order valence-corrected chi connectivity index (χ0v) is 14.1. The normalized spacial score (nSPS) is 16.7. The molecule has 0 unspecified atom stereocenters. The Bertz CT molecular complexity index is 971. The number of amides is 1. The lowest BCUT2D eigenvalue weighted by Crippen LogP contribution is -2.41. The largest absolute Gasteiger partial charge is 0.329 e. The van der Waals surface area contributed by atoms with E-state index in [-0.39, 0.29) is 23.8 Å². The third-order valence-corrected chi connectivity index (χ3v) is 4.54. The van der Waals surface area contributed by atoms with Crippen LogP contribution in [0.1, 0.15) is 24.4 Å². The zero-order valence-electron chi connectivity index (χ0n) is 14.1. The number of halogens is 2. The predicted molar refractivity (Wildman–Crippen MR) is 90.8 cm³/mol. The fourth-order valence-electron chi connectivity index (χ4n) is 3.25. The summed E-state index contributed by atoms with van der Waals surface area (Å²) < 4.78 is 29.0. The van der Waals surface area contributed by atoms with E-state index in [4.69, 9.17) is 0 Å². The van der Waals surface area contributed by atoms with Crippen LogP contribution in [-0.4, -0.2) is 25.6 Å². The van der Waals surface area contributed by atoms with Crippen molar-refractivity contribution >= 4 is 5.91 Å².